The largest absolute Gasteiger partial charge is 0.457 e. The van der Waals surface area contributed by atoms with Crippen LogP contribution in [0.4, 0.5) is 17.3 Å². The first-order chi connectivity index (χ1) is 16.7. The SMILES string of the molecule is Cc1cc(Nc2ncnc3ccc(N4CCNCC4)nc23)ccc1Oc1ccc2scnc2c1. The molecule has 3 aromatic heterocycles. The lowest BCUT2D eigenvalue weighted by Gasteiger charge is -2.28. The maximum absolute atomic E-state index is 6.13. The summed E-state index contributed by atoms with van der Waals surface area (Å²) >= 11 is 1.62. The highest BCUT2D eigenvalue weighted by atomic mass is 32.1. The number of thiazole rings is 1. The van der Waals surface area contributed by atoms with Gasteiger partial charge in [-0.3, -0.25) is 0 Å². The Labute approximate surface area is 200 Å². The molecular weight excluding hydrogens is 446 g/mol. The molecule has 0 radical (unpaired) electrons. The molecule has 0 unspecified atom stereocenters. The van der Waals surface area contributed by atoms with Gasteiger partial charge in [-0.15, -0.1) is 11.3 Å². The number of ether oxygens (including phenoxy) is 1. The highest BCUT2D eigenvalue weighted by Gasteiger charge is 2.14. The van der Waals surface area contributed by atoms with E-state index in [1.54, 1.807) is 17.7 Å². The van der Waals surface area contributed by atoms with Gasteiger partial charge in [-0.05, 0) is 55.0 Å². The van der Waals surface area contributed by atoms with Gasteiger partial charge < -0.3 is 20.3 Å². The number of nitrogens with zero attached hydrogens (tertiary/aromatic N) is 5. The van der Waals surface area contributed by atoms with E-state index >= 15 is 0 Å². The molecule has 4 heterocycles. The van der Waals surface area contributed by atoms with E-state index in [4.69, 9.17) is 9.72 Å². The molecule has 0 saturated carbocycles. The molecule has 0 amide bonds. The minimum absolute atomic E-state index is 0.684. The Morgan fingerprint density at radius 3 is 2.76 bits per heavy atom. The van der Waals surface area contributed by atoms with Crippen LogP contribution in [0, 0.1) is 6.92 Å². The van der Waals surface area contributed by atoms with Gasteiger partial charge in [0.1, 0.15) is 29.2 Å². The molecule has 2 aromatic carbocycles. The maximum atomic E-state index is 6.13. The first-order valence-corrected chi connectivity index (χ1v) is 12.1. The predicted octanol–water partition coefficient (Wildman–Crippen LogP) is 4.89. The van der Waals surface area contributed by atoms with Crippen LogP contribution < -0.4 is 20.3 Å². The van der Waals surface area contributed by atoms with Gasteiger partial charge in [0.15, 0.2) is 5.82 Å². The molecule has 1 aliphatic rings. The summed E-state index contributed by atoms with van der Waals surface area (Å²) in [5.74, 6) is 3.20. The fourth-order valence-electron chi connectivity index (χ4n) is 4.10. The zero-order valence-electron chi connectivity index (χ0n) is 18.7. The molecule has 2 N–H and O–H groups in total. The van der Waals surface area contributed by atoms with E-state index in [0.717, 1.165) is 76.0 Å². The molecule has 34 heavy (non-hydrogen) atoms. The molecule has 0 aliphatic carbocycles. The number of rotatable bonds is 5. The maximum Gasteiger partial charge on any atom is 0.160 e. The Kier molecular flexibility index (Phi) is 5.40. The number of aryl methyl sites for hydroxylation is 1. The third-order valence-corrected chi connectivity index (χ3v) is 6.69. The van der Waals surface area contributed by atoms with Gasteiger partial charge in [-0.2, -0.15) is 0 Å². The number of pyridine rings is 1. The third kappa shape index (κ3) is 4.11. The summed E-state index contributed by atoms with van der Waals surface area (Å²) in [6.45, 7) is 5.82. The zero-order valence-corrected chi connectivity index (χ0v) is 19.5. The first-order valence-electron chi connectivity index (χ1n) is 11.2. The summed E-state index contributed by atoms with van der Waals surface area (Å²) in [6, 6.07) is 16.0. The van der Waals surface area contributed by atoms with Crippen molar-refractivity contribution in [2.75, 3.05) is 36.4 Å². The summed E-state index contributed by atoms with van der Waals surface area (Å²) in [4.78, 5) is 20.4. The standard InChI is InChI=1S/C25H23N7OS/c1-16-12-17(2-5-21(16)33-18-3-6-22-20(13-18)29-15-34-22)30-25-24-19(27-14-28-25)4-7-23(31-24)32-10-8-26-9-11-32/h2-7,12-15,26H,8-11H2,1H3,(H,27,28,30). The molecule has 0 atom stereocenters. The molecule has 9 heteroatoms. The van der Waals surface area contributed by atoms with Crippen LogP contribution in [0.5, 0.6) is 11.5 Å². The lowest BCUT2D eigenvalue weighted by molar-refractivity contribution is 0.479. The lowest BCUT2D eigenvalue weighted by Crippen LogP contribution is -2.43. The molecule has 0 bridgehead atoms. The Morgan fingerprint density at radius 1 is 0.971 bits per heavy atom. The van der Waals surface area contributed by atoms with Crippen molar-refractivity contribution >= 4 is 49.9 Å². The van der Waals surface area contributed by atoms with Crippen molar-refractivity contribution in [3.8, 4) is 11.5 Å². The van der Waals surface area contributed by atoms with E-state index in [1.807, 2.05) is 61.0 Å². The monoisotopic (exact) mass is 469 g/mol. The number of hydrogen-bond donors (Lipinski definition) is 2. The highest BCUT2D eigenvalue weighted by Crippen LogP contribution is 2.31. The van der Waals surface area contributed by atoms with Gasteiger partial charge in [0.2, 0.25) is 0 Å². The zero-order chi connectivity index (χ0) is 22.9. The minimum atomic E-state index is 0.684. The second-order valence-corrected chi connectivity index (χ2v) is 9.07. The molecule has 1 saturated heterocycles. The molecule has 6 rings (SSSR count). The number of piperazine rings is 1. The Bertz CT molecular complexity index is 1480. The van der Waals surface area contributed by atoms with Crippen molar-refractivity contribution in [2.45, 2.75) is 6.92 Å². The molecule has 8 nitrogen and oxygen atoms in total. The minimum Gasteiger partial charge on any atom is -0.457 e. The van der Waals surface area contributed by atoms with Crippen molar-refractivity contribution in [3.05, 3.63) is 65.9 Å². The molecule has 170 valence electrons. The van der Waals surface area contributed by atoms with E-state index in [9.17, 15) is 0 Å². The van der Waals surface area contributed by atoms with E-state index in [2.05, 4.69) is 30.5 Å². The van der Waals surface area contributed by atoms with Crippen molar-refractivity contribution in [1.29, 1.82) is 0 Å². The molecule has 1 aliphatic heterocycles. The number of hydrogen-bond acceptors (Lipinski definition) is 9. The molecular formula is C25H23N7OS. The third-order valence-electron chi connectivity index (χ3n) is 5.88. The van der Waals surface area contributed by atoms with Gasteiger partial charge in [0.25, 0.3) is 0 Å². The van der Waals surface area contributed by atoms with Crippen LogP contribution in [-0.4, -0.2) is 46.1 Å². The molecule has 1 fully saturated rings. The second kappa shape index (κ2) is 8.85. The summed E-state index contributed by atoms with van der Waals surface area (Å²) in [7, 11) is 0. The summed E-state index contributed by atoms with van der Waals surface area (Å²) < 4.78 is 7.28. The van der Waals surface area contributed by atoms with Crippen LogP contribution >= 0.6 is 11.3 Å². The Balaban J connectivity index is 1.25. The van der Waals surface area contributed by atoms with Crippen LogP contribution in [0.1, 0.15) is 5.56 Å². The van der Waals surface area contributed by atoms with Gasteiger partial charge in [-0.1, -0.05) is 0 Å². The van der Waals surface area contributed by atoms with Crippen LogP contribution in [0.3, 0.4) is 0 Å². The number of anilines is 3. The predicted molar refractivity (Wildman–Crippen MR) is 137 cm³/mol. The van der Waals surface area contributed by atoms with Crippen LogP contribution in [0.2, 0.25) is 0 Å². The molecule has 0 spiro atoms. The van der Waals surface area contributed by atoms with E-state index in [0.29, 0.717) is 5.82 Å². The van der Waals surface area contributed by atoms with E-state index < -0.39 is 0 Å². The van der Waals surface area contributed by atoms with Gasteiger partial charge in [0.05, 0.1) is 21.2 Å². The number of benzene rings is 2. The normalized spacial score (nSPS) is 14.0. The smallest absolute Gasteiger partial charge is 0.160 e. The van der Waals surface area contributed by atoms with Gasteiger partial charge in [0, 0.05) is 37.9 Å². The van der Waals surface area contributed by atoms with Crippen LogP contribution in [0.15, 0.2) is 60.4 Å². The highest BCUT2D eigenvalue weighted by molar-refractivity contribution is 7.16. The van der Waals surface area contributed by atoms with Crippen molar-refractivity contribution < 1.29 is 4.74 Å². The van der Waals surface area contributed by atoms with Crippen molar-refractivity contribution in [2.24, 2.45) is 0 Å². The fourth-order valence-corrected chi connectivity index (χ4v) is 4.76. The Hall–Kier alpha value is -3.82. The number of aromatic nitrogens is 4. The number of nitrogens with one attached hydrogen (secondary N) is 2. The van der Waals surface area contributed by atoms with Crippen molar-refractivity contribution in [1.82, 2.24) is 25.3 Å². The Morgan fingerprint density at radius 2 is 1.88 bits per heavy atom. The lowest BCUT2D eigenvalue weighted by atomic mass is 10.2. The topological polar surface area (TPSA) is 88.1 Å². The van der Waals surface area contributed by atoms with E-state index in [-0.39, 0.29) is 0 Å². The van der Waals surface area contributed by atoms with Crippen LogP contribution in [-0.2, 0) is 0 Å². The second-order valence-electron chi connectivity index (χ2n) is 8.19. The first kappa shape index (κ1) is 20.8. The average molecular weight is 470 g/mol. The summed E-state index contributed by atoms with van der Waals surface area (Å²) in [6.07, 6.45) is 1.57. The summed E-state index contributed by atoms with van der Waals surface area (Å²) in [5.41, 5.74) is 6.28. The molecule has 5 aromatic rings. The fraction of sp³-hybridized carbons (Fsp3) is 0.200. The van der Waals surface area contributed by atoms with Crippen LogP contribution in [0.25, 0.3) is 21.3 Å². The average Bonchev–Trinajstić information content (AvgIpc) is 3.34. The quantitative estimate of drug-likeness (QED) is 0.376. The van der Waals surface area contributed by atoms with Gasteiger partial charge in [-0.25, -0.2) is 19.9 Å². The van der Waals surface area contributed by atoms with Crippen molar-refractivity contribution in [3.63, 3.8) is 0 Å². The summed E-state index contributed by atoms with van der Waals surface area (Å²) in [5, 5.41) is 6.80. The van der Waals surface area contributed by atoms with E-state index in [1.165, 1.54) is 0 Å². The van der Waals surface area contributed by atoms with Gasteiger partial charge >= 0.3 is 0 Å². The number of fused-ring (bicyclic) bond motifs is 2.